The molecule has 0 amide bonds. The van der Waals surface area contributed by atoms with Crippen LogP contribution in [0.5, 0.6) is 0 Å². The van der Waals surface area contributed by atoms with E-state index in [0.717, 1.165) is 12.5 Å². The van der Waals surface area contributed by atoms with Gasteiger partial charge in [0.15, 0.2) is 0 Å². The molecule has 2 nitrogen and oxygen atoms in total. The maximum Gasteiger partial charge on any atom is 0.0726 e. The van der Waals surface area contributed by atoms with E-state index in [2.05, 4.69) is 33.0 Å². The first kappa shape index (κ1) is 14.3. The van der Waals surface area contributed by atoms with Crippen LogP contribution in [0.25, 0.3) is 0 Å². The van der Waals surface area contributed by atoms with Crippen LogP contribution in [0.1, 0.15) is 66.2 Å². The summed E-state index contributed by atoms with van der Waals surface area (Å²) in [6.07, 6.45) is 8.47. The second kappa shape index (κ2) is 5.92. The quantitative estimate of drug-likeness (QED) is 0.827. The second-order valence-corrected chi connectivity index (χ2v) is 7.37. The van der Waals surface area contributed by atoms with Crippen LogP contribution in [0, 0.1) is 11.3 Å². The first-order valence-corrected chi connectivity index (χ1v) is 7.86. The van der Waals surface area contributed by atoms with Crippen molar-refractivity contribution < 1.29 is 4.74 Å². The highest BCUT2D eigenvalue weighted by Gasteiger charge is 2.35. The van der Waals surface area contributed by atoms with Gasteiger partial charge in [0.2, 0.25) is 0 Å². The molecule has 0 aromatic heterocycles. The summed E-state index contributed by atoms with van der Waals surface area (Å²) in [4.78, 5) is 0. The van der Waals surface area contributed by atoms with E-state index in [0.29, 0.717) is 23.6 Å². The van der Waals surface area contributed by atoms with Crippen LogP contribution >= 0.6 is 0 Å². The minimum atomic E-state index is 0.425. The molecule has 106 valence electrons. The van der Waals surface area contributed by atoms with E-state index in [1.165, 1.54) is 38.5 Å². The van der Waals surface area contributed by atoms with Crippen molar-refractivity contribution in [1.29, 1.82) is 0 Å². The van der Waals surface area contributed by atoms with E-state index in [9.17, 15) is 0 Å². The van der Waals surface area contributed by atoms with Crippen molar-refractivity contribution in [2.45, 2.75) is 84.4 Å². The maximum atomic E-state index is 5.81. The van der Waals surface area contributed by atoms with Gasteiger partial charge >= 0.3 is 0 Å². The molecule has 0 aromatic carbocycles. The highest BCUT2D eigenvalue weighted by molar-refractivity contribution is 4.91. The van der Waals surface area contributed by atoms with Gasteiger partial charge in [0.05, 0.1) is 6.10 Å². The van der Waals surface area contributed by atoms with Crippen molar-refractivity contribution in [2.75, 3.05) is 6.61 Å². The molecule has 1 heterocycles. The van der Waals surface area contributed by atoms with Crippen LogP contribution in [0.4, 0.5) is 0 Å². The fourth-order valence-electron chi connectivity index (χ4n) is 3.81. The highest BCUT2D eigenvalue weighted by atomic mass is 16.5. The SMILES string of the molecule is CC(NC1CCCCC1C(C)(C)C)C1CCCO1. The van der Waals surface area contributed by atoms with Crippen molar-refractivity contribution in [2.24, 2.45) is 11.3 Å². The molecule has 4 atom stereocenters. The Morgan fingerprint density at radius 1 is 1.06 bits per heavy atom. The number of rotatable bonds is 3. The van der Waals surface area contributed by atoms with E-state index in [1.54, 1.807) is 0 Å². The molecule has 2 heteroatoms. The third kappa shape index (κ3) is 3.48. The molecule has 4 unspecified atom stereocenters. The highest BCUT2D eigenvalue weighted by Crippen LogP contribution is 2.38. The lowest BCUT2D eigenvalue weighted by Crippen LogP contribution is -2.50. The van der Waals surface area contributed by atoms with Gasteiger partial charge in [-0.2, -0.15) is 0 Å². The molecule has 2 aliphatic rings. The Labute approximate surface area is 113 Å². The third-order valence-electron chi connectivity index (χ3n) is 4.88. The summed E-state index contributed by atoms with van der Waals surface area (Å²) >= 11 is 0. The monoisotopic (exact) mass is 253 g/mol. The summed E-state index contributed by atoms with van der Waals surface area (Å²) in [5.74, 6) is 0.815. The molecule has 1 saturated carbocycles. The Kier molecular flexibility index (Phi) is 4.71. The standard InChI is InChI=1S/C16H31NO/c1-12(15-10-7-11-18-15)17-14-9-6-5-8-13(14)16(2,3)4/h12-15,17H,5-11H2,1-4H3. The summed E-state index contributed by atoms with van der Waals surface area (Å²) in [7, 11) is 0. The van der Waals surface area contributed by atoms with E-state index in [-0.39, 0.29) is 0 Å². The largest absolute Gasteiger partial charge is 0.377 e. The first-order valence-electron chi connectivity index (χ1n) is 7.86. The average molecular weight is 253 g/mol. The Hall–Kier alpha value is -0.0800. The van der Waals surface area contributed by atoms with Crippen LogP contribution in [0.2, 0.25) is 0 Å². The fraction of sp³-hybridized carbons (Fsp3) is 1.00. The van der Waals surface area contributed by atoms with Gasteiger partial charge in [-0.25, -0.2) is 0 Å². The molecule has 0 bridgehead atoms. The van der Waals surface area contributed by atoms with Crippen molar-refractivity contribution in [1.82, 2.24) is 5.32 Å². The molecule has 0 radical (unpaired) electrons. The van der Waals surface area contributed by atoms with Crippen molar-refractivity contribution >= 4 is 0 Å². The number of hydrogen-bond acceptors (Lipinski definition) is 2. The van der Waals surface area contributed by atoms with Gasteiger partial charge in [-0.15, -0.1) is 0 Å². The van der Waals surface area contributed by atoms with Gasteiger partial charge in [0.1, 0.15) is 0 Å². The van der Waals surface area contributed by atoms with E-state index in [1.807, 2.05) is 0 Å². The summed E-state index contributed by atoms with van der Waals surface area (Å²) in [6, 6.07) is 1.21. The lowest BCUT2D eigenvalue weighted by atomic mass is 9.69. The molecule has 1 N–H and O–H groups in total. The summed E-state index contributed by atoms with van der Waals surface area (Å²) in [5.41, 5.74) is 0.425. The second-order valence-electron chi connectivity index (χ2n) is 7.37. The molecule has 18 heavy (non-hydrogen) atoms. The number of nitrogens with one attached hydrogen (secondary N) is 1. The number of hydrogen-bond donors (Lipinski definition) is 1. The third-order valence-corrected chi connectivity index (χ3v) is 4.88. The Balaban J connectivity index is 1.92. The minimum Gasteiger partial charge on any atom is -0.377 e. The van der Waals surface area contributed by atoms with Gasteiger partial charge < -0.3 is 10.1 Å². The first-order chi connectivity index (χ1) is 8.48. The molecule has 2 rings (SSSR count). The minimum absolute atomic E-state index is 0.425. The zero-order chi connectivity index (χ0) is 13.2. The van der Waals surface area contributed by atoms with Crippen LogP contribution in [0.3, 0.4) is 0 Å². The molecule has 1 aliphatic heterocycles. The lowest BCUT2D eigenvalue weighted by molar-refractivity contribution is 0.0595. The predicted octanol–water partition coefficient (Wildman–Crippen LogP) is 3.75. The average Bonchev–Trinajstić information content (AvgIpc) is 2.81. The zero-order valence-corrected chi connectivity index (χ0v) is 12.7. The zero-order valence-electron chi connectivity index (χ0n) is 12.7. The van der Waals surface area contributed by atoms with Gasteiger partial charge in [0.25, 0.3) is 0 Å². The van der Waals surface area contributed by atoms with Crippen molar-refractivity contribution in [3.05, 3.63) is 0 Å². The maximum absolute atomic E-state index is 5.81. The van der Waals surface area contributed by atoms with Gasteiger partial charge in [-0.3, -0.25) is 0 Å². The van der Waals surface area contributed by atoms with Gasteiger partial charge in [-0.1, -0.05) is 33.6 Å². The summed E-state index contributed by atoms with van der Waals surface area (Å²) < 4.78 is 5.81. The lowest BCUT2D eigenvalue weighted by Gasteiger charge is -2.42. The predicted molar refractivity (Wildman–Crippen MR) is 76.8 cm³/mol. The van der Waals surface area contributed by atoms with E-state index < -0.39 is 0 Å². The Bertz CT molecular complexity index is 252. The smallest absolute Gasteiger partial charge is 0.0726 e. The molecule has 0 aromatic rings. The van der Waals surface area contributed by atoms with Crippen LogP contribution in [-0.4, -0.2) is 24.8 Å². The van der Waals surface area contributed by atoms with Crippen LogP contribution in [-0.2, 0) is 4.74 Å². The van der Waals surface area contributed by atoms with Crippen LogP contribution in [0.15, 0.2) is 0 Å². The molecular weight excluding hydrogens is 222 g/mol. The van der Waals surface area contributed by atoms with E-state index in [4.69, 9.17) is 4.74 Å². The molecule has 1 aliphatic carbocycles. The van der Waals surface area contributed by atoms with Crippen molar-refractivity contribution in [3.63, 3.8) is 0 Å². The summed E-state index contributed by atoms with van der Waals surface area (Å²) in [6.45, 7) is 10.5. The number of ether oxygens (including phenoxy) is 1. The molecular formula is C16H31NO. The molecule has 0 spiro atoms. The van der Waals surface area contributed by atoms with Gasteiger partial charge in [-0.05, 0) is 43.9 Å². The summed E-state index contributed by atoms with van der Waals surface area (Å²) in [5, 5.41) is 3.89. The Morgan fingerprint density at radius 3 is 2.39 bits per heavy atom. The van der Waals surface area contributed by atoms with Crippen LogP contribution < -0.4 is 5.32 Å². The molecule has 2 fully saturated rings. The van der Waals surface area contributed by atoms with Gasteiger partial charge in [0, 0.05) is 18.7 Å². The molecule has 1 saturated heterocycles. The van der Waals surface area contributed by atoms with E-state index >= 15 is 0 Å². The topological polar surface area (TPSA) is 21.3 Å². The fourth-order valence-corrected chi connectivity index (χ4v) is 3.81. The Morgan fingerprint density at radius 2 is 1.78 bits per heavy atom. The normalized spacial score (nSPS) is 35.7. The van der Waals surface area contributed by atoms with Crippen molar-refractivity contribution in [3.8, 4) is 0 Å².